The van der Waals surface area contributed by atoms with Crippen molar-refractivity contribution in [2.75, 3.05) is 36.7 Å². The van der Waals surface area contributed by atoms with Crippen molar-refractivity contribution in [3.8, 4) is 17.1 Å². The number of hydrogen-bond donors (Lipinski definition) is 4. The summed E-state index contributed by atoms with van der Waals surface area (Å²) in [5.74, 6) is 1.05. The number of aliphatic hydroxyl groups is 1. The lowest BCUT2D eigenvalue weighted by atomic mass is 9.99. The average Bonchev–Trinajstić information content (AvgIpc) is 3.38. The minimum atomic E-state index is -0.328. The van der Waals surface area contributed by atoms with Gasteiger partial charge in [0.25, 0.3) is 5.91 Å². The highest BCUT2D eigenvalue weighted by Gasteiger charge is 2.20. The molecule has 10 nitrogen and oxygen atoms in total. The zero-order valence-corrected chi connectivity index (χ0v) is 22.4. The van der Waals surface area contributed by atoms with Gasteiger partial charge in [-0.25, -0.2) is 0 Å². The van der Waals surface area contributed by atoms with Gasteiger partial charge in [-0.2, -0.15) is 15.0 Å². The second kappa shape index (κ2) is 12.2. The summed E-state index contributed by atoms with van der Waals surface area (Å²) in [6, 6.07) is 14.6. The first kappa shape index (κ1) is 26.5. The fraction of sp³-hybridized carbons (Fsp3) is 0.286. The Bertz CT molecular complexity index is 1430. The Balaban J connectivity index is 1.36. The Morgan fingerprint density at radius 3 is 2.67 bits per heavy atom. The number of amides is 1. The number of carbonyl (C=O) groups is 1. The number of anilines is 4. The SMILES string of the molecule is COCCOc1ccc(Nc2nc(N)nc(-c3cccc(NC(=O)c4cc5c(s4)CCCC5)c3CO)n2)cc1. The first-order chi connectivity index (χ1) is 19.0. The van der Waals surface area contributed by atoms with E-state index in [2.05, 4.69) is 25.6 Å². The summed E-state index contributed by atoms with van der Waals surface area (Å²) in [5.41, 5.74) is 9.52. The van der Waals surface area contributed by atoms with Crippen LogP contribution in [-0.4, -0.2) is 46.3 Å². The van der Waals surface area contributed by atoms with Crippen LogP contribution in [0.2, 0.25) is 0 Å². The number of rotatable bonds is 10. The molecule has 0 spiro atoms. The van der Waals surface area contributed by atoms with Gasteiger partial charge in [-0.05, 0) is 67.6 Å². The molecule has 1 aliphatic carbocycles. The molecule has 0 saturated heterocycles. The molecule has 11 heteroatoms. The van der Waals surface area contributed by atoms with Crippen LogP contribution < -0.4 is 21.1 Å². The summed E-state index contributed by atoms with van der Waals surface area (Å²) in [6.45, 7) is 0.633. The summed E-state index contributed by atoms with van der Waals surface area (Å²) in [7, 11) is 1.62. The van der Waals surface area contributed by atoms with Gasteiger partial charge in [0, 0.05) is 34.5 Å². The van der Waals surface area contributed by atoms with Gasteiger partial charge in [0.2, 0.25) is 11.9 Å². The lowest BCUT2D eigenvalue weighted by molar-refractivity contribution is 0.103. The van der Waals surface area contributed by atoms with Gasteiger partial charge in [-0.15, -0.1) is 11.3 Å². The topological polar surface area (TPSA) is 145 Å². The lowest BCUT2D eigenvalue weighted by Gasteiger charge is -2.14. The molecule has 39 heavy (non-hydrogen) atoms. The number of methoxy groups -OCH3 is 1. The smallest absolute Gasteiger partial charge is 0.265 e. The number of nitrogens with two attached hydrogens (primary N) is 1. The molecule has 202 valence electrons. The van der Waals surface area contributed by atoms with Crippen molar-refractivity contribution in [3.63, 3.8) is 0 Å². The van der Waals surface area contributed by atoms with Crippen LogP contribution in [0.4, 0.5) is 23.3 Å². The molecule has 5 N–H and O–H groups in total. The van der Waals surface area contributed by atoms with Crippen molar-refractivity contribution in [1.29, 1.82) is 0 Å². The molecule has 0 atom stereocenters. The Morgan fingerprint density at radius 1 is 1.08 bits per heavy atom. The minimum absolute atomic E-state index is 0.0181. The Morgan fingerprint density at radius 2 is 1.90 bits per heavy atom. The maximum absolute atomic E-state index is 13.1. The number of ether oxygens (including phenoxy) is 2. The number of nitrogen functional groups attached to an aromatic ring is 1. The van der Waals surface area contributed by atoms with Crippen LogP contribution in [0.25, 0.3) is 11.4 Å². The first-order valence-electron chi connectivity index (χ1n) is 12.7. The van der Waals surface area contributed by atoms with Crippen LogP contribution in [-0.2, 0) is 24.2 Å². The molecule has 0 fully saturated rings. The number of benzene rings is 2. The number of fused-ring (bicyclic) bond motifs is 1. The fourth-order valence-electron chi connectivity index (χ4n) is 4.45. The van der Waals surface area contributed by atoms with Crippen molar-refractivity contribution in [2.45, 2.75) is 32.3 Å². The van der Waals surface area contributed by atoms with Crippen molar-refractivity contribution < 1.29 is 19.4 Å². The molecule has 0 bridgehead atoms. The zero-order valence-electron chi connectivity index (χ0n) is 21.6. The quantitative estimate of drug-likeness (QED) is 0.210. The highest BCUT2D eigenvalue weighted by molar-refractivity contribution is 7.14. The van der Waals surface area contributed by atoms with E-state index in [9.17, 15) is 9.90 Å². The molecular formula is C28H30N6O4S. The van der Waals surface area contributed by atoms with Gasteiger partial charge < -0.3 is 30.9 Å². The van der Waals surface area contributed by atoms with E-state index in [1.54, 1.807) is 36.6 Å². The summed E-state index contributed by atoms with van der Waals surface area (Å²) < 4.78 is 10.6. The molecule has 0 unspecified atom stereocenters. The zero-order chi connectivity index (χ0) is 27.2. The lowest BCUT2D eigenvalue weighted by Crippen LogP contribution is -2.13. The minimum Gasteiger partial charge on any atom is -0.491 e. The van der Waals surface area contributed by atoms with Crippen molar-refractivity contribution in [3.05, 3.63) is 69.4 Å². The summed E-state index contributed by atoms with van der Waals surface area (Å²) in [5, 5.41) is 16.4. The molecule has 0 aliphatic heterocycles. The molecule has 4 aromatic rings. The largest absolute Gasteiger partial charge is 0.491 e. The second-order valence-corrected chi connectivity index (χ2v) is 10.2. The molecule has 0 radical (unpaired) electrons. The molecule has 1 aliphatic rings. The molecule has 5 rings (SSSR count). The summed E-state index contributed by atoms with van der Waals surface area (Å²) >= 11 is 1.54. The van der Waals surface area contributed by atoms with Crippen molar-refractivity contribution in [2.24, 2.45) is 0 Å². The van der Waals surface area contributed by atoms with Crippen LogP contribution >= 0.6 is 11.3 Å². The average molecular weight is 547 g/mol. The third kappa shape index (κ3) is 6.33. The van der Waals surface area contributed by atoms with E-state index in [1.807, 2.05) is 30.3 Å². The van der Waals surface area contributed by atoms with Crippen LogP contribution in [0.5, 0.6) is 5.75 Å². The van der Waals surface area contributed by atoms with E-state index in [0.717, 1.165) is 31.4 Å². The van der Waals surface area contributed by atoms with E-state index in [4.69, 9.17) is 15.2 Å². The molecule has 0 saturated carbocycles. The van der Waals surface area contributed by atoms with E-state index in [0.29, 0.717) is 40.7 Å². The highest BCUT2D eigenvalue weighted by atomic mass is 32.1. The van der Waals surface area contributed by atoms with Crippen molar-refractivity contribution >= 4 is 40.5 Å². The van der Waals surface area contributed by atoms with Gasteiger partial charge in [0.05, 0.1) is 18.1 Å². The molecule has 2 heterocycles. The maximum Gasteiger partial charge on any atom is 0.265 e. The maximum atomic E-state index is 13.1. The molecule has 2 aromatic heterocycles. The first-order valence-corrected chi connectivity index (χ1v) is 13.5. The van der Waals surface area contributed by atoms with E-state index >= 15 is 0 Å². The number of aliphatic hydroxyl groups excluding tert-OH is 1. The predicted molar refractivity (Wildman–Crippen MR) is 152 cm³/mol. The number of carbonyl (C=O) groups excluding carboxylic acids is 1. The molecule has 1 amide bonds. The number of nitrogens with zero attached hydrogens (tertiary/aromatic N) is 3. The fourth-order valence-corrected chi connectivity index (χ4v) is 5.59. The number of aryl methyl sites for hydroxylation is 2. The normalized spacial score (nSPS) is 12.6. The standard InChI is InChI=1S/C28H30N6O4S/c1-37-13-14-38-19-11-9-18(10-12-19)30-28-33-25(32-27(29)34-28)20-6-4-7-22(21(20)16-35)31-26(36)24-15-17-5-2-3-8-23(17)39-24/h4,6-7,9-12,15,35H,2-3,5,8,13-14,16H2,1H3,(H,31,36)(H3,29,30,32,33,34). The van der Waals surface area contributed by atoms with Gasteiger partial charge in [0.1, 0.15) is 12.4 Å². The van der Waals surface area contributed by atoms with Crippen LogP contribution in [0, 0.1) is 0 Å². The molecule has 2 aromatic carbocycles. The number of hydrogen-bond acceptors (Lipinski definition) is 10. The monoisotopic (exact) mass is 546 g/mol. The second-order valence-electron chi connectivity index (χ2n) is 9.04. The van der Waals surface area contributed by atoms with Crippen molar-refractivity contribution in [1.82, 2.24) is 15.0 Å². The number of aromatic nitrogens is 3. The van der Waals surface area contributed by atoms with E-state index < -0.39 is 0 Å². The molecular weight excluding hydrogens is 516 g/mol. The third-order valence-electron chi connectivity index (χ3n) is 6.36. The highest BCUT2D eigenvalue weighted by Crippen LogP contribution is 2.32. The van der Waals surface area contributed by atoms with E-state index in [1.165, 1.54) is 10.4 Å². The number of thiophene rings is 1. The van der Waals surface area contributed by atoms with Crippen LogP contribution in [0.3, 0.4) is 0 Å². The van der Waals surface area contributed by atoms with Gasteiger partial charge in [0.15, 0.2) is 5.82 Å². The van der Waals surface area contributed by atoms with E-state index in [-0.39, 0.29) is 30.2 Å². The summed E-state index contributed by atoms with van der Waals surface area (Å²) in [4.78, 5) is 28.1. The van der Waals surface area contributed by atoms with Crippen LogP contribution in [0.15, 0.2) is 48.5 Å². The van der Waals surface area contributed by atoms with Gasteiger partial charge >= 0.3 is 0 Å². The Labute approximate surface area is 230 Å². The predicted octanol–water partition coefficient (Wildman–Crippen LogP) is 4.57. The number of nitrogens with one attached hydrogen (secondary N) is 2. The van der Waals surface area contributed by atoms with Gasteiger partial charge in [-0.3, -0.25) is 4.79 Å². The Hall–Kier alpha value is -4.06. The summed E-state index contributed by atoms with van der Waals surface area (Å²) in [6.07, 6.45) is 4.35. The van der Waals surface area contributed by atoms with Gasteiger partial charge in [-0.1, -0.05) is 12.1 Å². The Kier molecular flexibility index (Phi) is 8.30. The third-order valence-corrected chi connectivity index (χ3v) is 7.60. The van der Waals surface area contributed by atoms with Crippen LogP contribution in [0.1, 0.15) is 38.5 Å².